The average molecular weight is 490 g/mol. The number of carbonyl (C=O) groups excluding carboxylic acids is 1. The van der Waals surface area contributed by atoms with E-state index in [9.17, 15) is 14.7 Å². The van der Waals surface area contributed by atoms with Crippen LogP contribution >= 0.6 is 0 Å². The highest BCUT2D eigenvalue weighted by atomic mass is 16.5. The lowest BCUT2D eigenvalue weighted by Gasteiger charge is -2.36. The minimum absolute atomic E-state index is 0.0400. The highest BCUT2D eigenvalue weighted by Gasteiger charge is 2.46. The molecule has 2 fully saturated rings. The molecular formula is C29H35N3O4. The molecule has 36 heavy (non-hydrogen) atoms. The standard InChI is InChI=1S/C29H35N3O4/c33-28(34)21-10-11-24-25(17-21)32-18-22(30-29(35)31-12-14-36-15-13-31)16-20-8-4-5-9-23(20)27(32)26(24)19-6-2-1-3-7-19/h4-5,8-11,17,19,22,26-27H,1-3,6-7,12-16,18H2,(H,30,35)(H,33,34)/t22-,26?,27?/m1/s1. The normalized spacial score (nSPS) is 25.9. The Bertz CT molecular complexity index is 1140. The molecule has 2 N–H and O–H groups in total. The van der Waals surface area contributed by atoms with Crippen LogP contribution in [0.5, 0.6) is 0 Å². The van der Waals surface area contributed by atoms with Crippen LogP contribution in [0.1, 0.15) is 71.1 Å². The summed E-state index contributed by atoms with van der Waals surface area (Å²) in [4.78, 5) is 29.3. The van der Waals surface area contributed by atoms with Gasteiger partial charge < -0.3 is 25.0 Å². The molecule has 0 spiro atoms. The zero-order valence-corrected chi connectivity index (χ0v) is 20.7. The Morgan fingerprint density at radius 2 is 1.75 bits per heavy atom. The first-order valence-electron chi connectivity index (χ1n) is 13.4. The molecule has 2 amide bonds. The lowest BCUT2D eigenvalue weighted by atomic mass is 9.73. The Hall–Kier alpha value is -3.06. The molecule has 6 rings (SSSR count). The molecule has 4 aliphatic rings. The van der Waals surface area contributed by atoms with Crippen molar-refractivity contribution in [3.63, 3.8) is 0 Å². The van der Waals surface area contributed by atoms with Crippen LogP contribution in [-0.2, 0) is 11.2 Å². The second-order valence-corrected chi connectivity index (χ2v) is 10.7. The van der Waals surface area contributed by atoms with E-state index >= 15 is 0 Å². The molecular weight excluding hydrogens is 454 g/mol. The first-order valence-corrected chi connectivity index (χ1v) is 13.4. The van der Waals surface area contributed by atoms with E-state index in [2.05, 4.69) is 40.5 Å². The van der Waals surface area contributed by atoms with E-state index in [0.29, 0.717) is 50.2 Å². The van der Waals surface area contributed by atoms with Crippen molar-refractivity contribution in [2.75, 3.05) is 37.7 Å². The minimum atomic E-state index is -0.900. The molecule has 0 radical (unpaired) electrons. The first kappa shape index (κ1) is 23.3. The maximum absolute atomic E-state index is 13.1. The third kappa shape index (κ3) is 4.23. The number of fused-ring (bicyclic) bond motifs is 5. The van der Waals surface area contributed by atoms with Gasteiger partial charge >= 0.3 is 12.0 Å². The van der Waals surface area contributed by atoms with E-state index in [4.69, 9.17) is 4.74 Å². The highest BCUT2D eigenvalue weighted by molar-refractivity contribution is 5.90. The molecule has 2 aromatic rings. The number of urea groups is 1. The van der Waals surface area contributed by atoms with Crippen molar-refractivity contribution in [1.82, 2.24) is 10.2 Å². The van der Waals surface area contributed by atoms with Crippen molar-refractivity contribution in [3.05, 3.63) is 64.7 Å². The fraction of sp³-hybridized carbons (Fsp3) is 0.517. The van der Waals surface area contributed by atoms with Crippen molar-refractivity contribution in [3.8, 4) is 0 Å². The predicted octanol–water partition coefficient (Wildman–Crippen LogP) is 4.58. The van der Waals surface area contributed by atoms with Gasteiger partial charge in [0, 0.05) is 31.2 Å². The minimum Gasteiger partial charge on any atom is -0.478 e. The van der Waals surface area contributed by atoms with Crippen molar-refractivity contribution in [2.24, 2.45) is 5.92 Å². The van der Waals surface area contributed by atoms with Crippen LogP contribution in [0.2, 0.25) is 0 Å². The van der Waals surface area contributed by atoms with Crippen molar-refractivity contribution in [2.45, 2.75) is 56.5 Å². The van der Waals surface area contributed by atoms with Crippen LogP contribution in [0.3, 0.4) is 0 Å². The Labute approximate surface area is 212 Å². The second kappa shape index (κ2) is 9.77. The van der Waals surface area contributed by atoms with Crippen molar-refractivity contribution < 1.29 is 19.4 Å². The highest BCUT2D eigenvalue weighted by Crippen LogP contribution is 2.56. The summed E-state index contributed by atoms with van der Waals surface area (Å²) in [5.41, 5.74) is 5.22. The van der Waals surface area contributed by atoms with Gasteiger partial charge in [-0.05, 0) is 54.0 Å². The third-order valence-electron chi connectivity index (χ3n) is 8.66. The van der Waals surface area contributed by atoms with Gasteiger partial charge in [0.25, 0.3) is 0 Å². The zero-order valence-electron chi connectivity index (χ0n) is 20.7. The number of ether oxygens (including phenoxy) is 1. The molecule has 3 heterocycles. The van der Waals surface area contributed by atoms with Gasteiger partial charge in [0.1, 0.15) is 0 Å². The molecule has 3 atom stereocenters. The summed E-state index contributed by atoms with van der Waals surface area (Å²) in [5, 5.41) is 13.1. The Morgan fingerprint density at radius 3 is 2.53 bits per heavy atom. The van der Waals surface area contributed by atoms with E-state index in [1.165, 1.54) is 48.8 Å². The molecule has 1 aliphatic carbocycles. The largest absolute Gasteiger partial charge is 0.478 e. The Morgan fingerprint density at radius 1 is 0.972 bits per heavy atom. The number of rotatable bonds is 3. The summed E-state index contributed by atoms with van der Waals surface area (Å²) in [6.07, 6.45) is 7.02. The summed E-state index contributed by atoms with van der Waals surface area (Å²) in [6, 6.07) is 14.4. The van der Waals surface area contributed by atoms with Crippen LogP contribution in [0, 0.1) is 5.92 Å². The van der Waals surface area contributed by atoms with Crippen LogP contribution in [-0.4, -0.2) is 60.9 Å². The summed E-state index contributed by atoms with van der Waals surface area (Å²) < 4.78 is 5.42. The summed E-state index contributed by atoms with van der Waals surface area (Å²) in [6.45, 7) is 3.02. The number of nitrogens with one attached hydrogen (secondary N) is 1. The topological polar surface area (TPSA) is 82.1 Å². The van der Waals surface area contributed by atoms with E-state index < -0.39 is 5.97 Å². The molecule has 1 saturated carbocycles. The quantitative estimate of drug-likeness (QED) is 0.660. The van der Waals surface area contributed by atoms with Crippen molar-refractivity contribution >= 4 is 17.7 Å². The number of aromatic carboxylic acids is 1. The van der Waals surface area contributed by atoms with E-state index in [-0.39, 0.29) is 18.1 Å². The summed E-state index contributed by atoms with van der Waals surface area (Å²) in [7, 11) is 0. The predicted molar refractivity (Wildman–Crippen MR) is 138 cm³/mol. The second-order valence-electron chi connectivity index (χ2n) is 10.7. The van der Waals surface area contributed by atoms with E-state index in [1.54, 1.807) is 6.07 Å². The number of carbonyl (C=O) groups is 2. The van der Waals surface area contributed by atoms with Crippen molar-refractivity contribution in [1.29, 1.82) is 0 Å². The zero-order chi connectivity index (χ0) is 24.6. The van der Waals surface area contributed by atoms with Crippen LogP contribution < -0.4 is 10.2 Å². The summed E-state index contributed by atoms with van der Waals surface area (Å²) >= 11 is 0. The Kier molecular flexibility index (Phi) is 6.34. The van der Waals surface area contributed by atoms with Gasteiger partial charge in [-0.1, -0.05) is 49.6 Å². The van der Waals surface area contributed by atoms with E-state index in [1.807, 2.05) is 11.0 Å². The number of benzene rings is 2. The van der Waals surface area contributed by atoms with Crippen LogP contribution in [0.25, 0.3) is 0 Å². The lowest BCUT2D eigenvalue weighted by molar-refractivity contribution is 0.0525. The van der Waals surface area contributed by atoms with Crippen LogP contribution in [0.15, 0.2) is 42.5 Å². The molecule has 7 nitrogen and oxygen atoms in total. The SMILES string of the molecule is O=C(O)c1ccc2c(c1)N1C[C@H](NC(=O)N3CCOCC3)Cc3ccccc3C1C2C1CCCCC1. The first-order chi connectivity index (χ1) is 17.6. The van der Waals surface area contributed by atoms with Gasteiger partial charge in [-0.15, -0.1) is 0 Å². The molecule has 7 heteroatoms. The van der Waals surface area contributed by atoms with Gasteiger partial charge in [0.15, 0.2) is 0 Å². The maximum Gasteiger partial charge on any atom is 0.335 e. The lowest BCUT2D eigenvalue weighted by Crippen LogP contribution is -2.52. The number of carboxylic acid groups (broad SMARTS) is 1. The molecule has 2 unspecified atom stereocenters. The number of amides is 2. The van der Waals surface area contributed by atoms with Gasteiger partial charge in [-0.25, -0.2) is 9.59 Å². The smallest absolute Gasteiger partial charge is 0.335 e. The number of hydrogen-bond donors (Lipinski definition) is 2. The molecule has 3 aliphatic heterocycles. The third-order valence-corrected chi connectivity index (χ3v) is 8.66. The van der Waals surface area contributed by atoms with Gasteiger partial charge in [0.2, 0.25) is 0 Å². The Balaban J connectivity index is 1.40. The van der Waals surface area contributed by atoms with Gasteiger partial charge in [-0.2, -0.15) is 0 Å². The van der Waals surface area contributed by atoms with E-state index in [0.717, 1.165) is 12.1 Å². The monoisotopic (exact) mass is 489 g/mol. The molecule has 1 saturated heterocycles. The number of carboxylic acids is 1. The molecule has 0 aromatic heterocycles. The molecule has 190 valence electrons. The fourth-order valence-electron chi connectivity index (χ4n) is 7.00. The number of hydrogen-bond acceptors (Lipinski definition) is 4. The number of nitrogens with zero attached hydrogens (tertiary/aromatic N) is 2. The fourth-order valence-corrected chi connectivity index (χ4v) is 7.00. The average Bonchev–Trinajstić information content (AvgIpc) is 3.13. The summed E-state index contributed by atoms with van der Waals surface area (Å²) in [5.74, 6) is 0.0107. The number of anilines is 1. The number of morpholine rings is 1. The van der Waals surface area contributed by atoms with Gasteiger partial charge in [0.05, 0.1) is 30.9 Å². The molecule has 2 aromatic carbocycles. The molecule has 0 bridgehead atoms. The maximum atomic E-state index is 13.1. The van der Waals surface area contributed by atoms with Crippen LogP contribution in [0.4, 0.5) is 10.5 Å². The van der Waals surface area contributed by atoms with Gasteiger partial charge in [-0.3, -0.25) is 0 Å².